The number of halogens is 3. The molecule has 2 nitrogen and oxygen atoms in total. The predicted molar refractivity (Wildman–Crippen MR) is 125 cm³/mol. The van der Waals surface area contributed by atoms with Crippen molar-refractivity contribution >= 4 is 35.6 Å². The Bertz CT molecular complexity index is 886. The molecular formula is C24H26Cl3NO. The van der Waals surface area contributed by atoms with Crippen LogP contribution in [0.4, 0.5) is 0 Å². The topological polar surface area (TPSA) is 21.3 Å². The number of nitrogens with one attached hydrogen (secondary N) is 1. The van der Waals surface area contributed by atoms with Gasteiger partial charge in [0.2, 0.25) is 0 Å². The van der Waals surface area contributed by atoms with Crippen molar-refractivity contribution in [3.05, 3.63) is 99.5 Å². The number of para-hydroxylation sites is 1. The molecule has 1 atom stereocenters. The molecule has 0 bridgehead atoms. The van der Waals surface area contributed by atoms with Gasteiger partial charge in [-0.1, -0.05) is 91.1 Å². The van der Waals surface area contributed by atoms with E-state index in [0.29, 0.717) is 22.7 Å². The van der Waals surface area contributed by atoms with Gasteiger partial charge in [-0.2, -0.15) is 0 Å². The van der Waals surface area contributed by atoms with E-state index in [1.165, 1.54) is 5.56 Å². The van der Waals surface area contributed by atoms with Crippen LogP contribution in [-0.4, -0.2) is 0 Å². The lowest BCUT2D eigenvalue weighted by Crippen LogP contribution is -2.21. The minimum atomic E-state index is 0. The zero-order valence-corrected chi connectivity index (χ0v) is 18.7. The molecule has 0 aromatic heterocycles. The molecule has 5 heteroatoms. The van der Waals surface area contributed by atoms with Crippen molar-refractivity contribution in [2.75, 3.05) is 0 Å². The van der Waals surface area contributed by atoms with Gasteiger partial charge in [-0.25, -0.2) is 0 Å². The smallest absolute Gasteiger partial charge is 0.124 e. The van der Waals surface area contributed by atoms with Crippen molar-refractivity contribution in [3.63, 3.8) is 0 Å². The summed E-state index contributed by atoms with van der Waals surface area (Å²) >= 11 is 12.2. The van der Waals surface area contributed by atoms with Crippen LogP contribution in [-0.2, 0) is 13.2 Å². The number of hydrogen-bond donors (Lipinski definition) is 1. The maximum absolute atomic E-state index is 6.26. The summed E-state index contributed by atoms with van der Waals surface area (Å²) in [5.74, 6) is 0.865. The molecule has 0 heterocycles. The first-order chi connectivity index (χ1) is 13.7. The van der Waals surface area contributed by atoms with Crippen molar-refractivity contribution in [2.45, 2.75) is 39.0 Å². The summed E-state index contributed by atoms with van der Waals surface area (Å²) in [6.45, 7) is 3.36. The first kappa shape index (κ1) is 23.6. The second kappa shape index (κ2) is 12.1. The van der Waals surface area contributed by atoms with E-state index in [0.717, 1.165) is 36.3 Å². The average molecular weight is 451 g/mol. The molecule has 0 saturated carbocycles. The highest BCUT2D eigenvalue weighted by atomic mass is 35.5. The second-order valence-electron chi connectivity index (χ2n) is 6.76. The van der Waals surface area contributed by atoms with Gasteiger partial charge in [0.1, 0.15) is 12.4 Å². The van der Waals surface area contributed by atoms with Crippen LogP contribution in [0, 0.1) is 0 Å². The van der Waals surface area contributed by atoms with Crippen LogP contribution in [0.2, 0.25) is 10.0 Å². The fraction of sp³-hybridized carbons (Fsp3) is 0.250. The summed E-state index contributed by atoms with van der Waals surface area (Å²) in [5.41, 5.74) is 3.36. The Hall–Kier alpha value is -1.71. The Morgan fingerprint density at radius 2 is 1.62 bits per heavy atom. The number of rotatable bonds is 9. The van der Waals surface area contributed by atoms with Gasteiger partial charge < -0.3 is 10.1 Å². The van der Waals surface area contributed by atoms with E-state index in [9.17, 15) is 0 Å². The Labute approximate surface area is 189 Å². The number of ether oxygens (including phenoxy) is 1. The molecule has 0 aliphatic rings. The molecule has 29 heavy (non-hydrogen) atoms. The maximum atomic E-state index is 6.26. The van der Waals surface area contributed by atoms with Crippen LogP contribution >= 0.6 is 35.6 Å². The number of benzene rings is 3. The van der Waals surface area contributed by atoms with Crippen LogP contribution in [0.5, 0.6) is 5.75 Å². The molecule has 154 valence electrons. The highest BCUT2D eigenvalue weighted by Gasteiger charge is 2.12. The molecule has 0 saturated heterocycles. The lowest BCUT2D eigenvalue weighted by atomic mass is 10.0. The summed E-state index contributed by atoms with van der Waals surface area (Å²) in [7, 11) is 0. The van der Waals surface area contributed by atoms with Gasteiger partial charge in [-0.15, -0.1) is 12.4 Å². The third-order valence-electron chi connectivity index (χ3n) is 4.69. The van der Waals surface area contributed by atoms with E-state index >= 15 is 0 Å². The fourth-order valence-corrected chi connectivity index (χ4v) is 3.64. The van der Waals surface area contributed by atoms with Gasteiger partial charge in [0.05, 0.1) is 0 Å². The summed E-state index contributed by atoms with van der Waals surface area (Å²) in [5, 5.41) is 4.93. The standard InChI is InChI=1S/C24H25Cl2NO.ClH/c1-2-8-23(18-9-4-3-5-10-18)27-16-19-11-6-7-12-24(19)28-17-20-13-14-21(25)15-22(20)26;/h3-7,9-15,23,27H,2,8,16-17H2,1H3;1H. The predicted octanol–water partition coefficient (Wildman–Crippen LogP) is 7.63. The first-order valence-corrected chi connectivity index (χ1v) is 10.4. The van der Waals surface area contributed by atoms with Gasteiger partial charge in [0.25, 0.3) is 0 Å². The Kier molecular flexibility index (Phi) is 9.83. The Morgan fingerprint density at radius 3 is 2.34 bits per heavy atom. The minimum Gasteiger partial charge on any atom is -0.489 e. The number of hydrogen-bond acceptors (Lipinski definition) is 2. The fourth-order valence-electron chi connectivity index (χ4n) is 3.18. The van der Waals surface area contributed by atoms with Crippen LogP contribution in [0.1, 0.15) is 42.5 Å². The molecule has 0 aliphatic heterocycles. The molecule has 0 amide bonds. The highest BCUT2D eigenvalue weighted by molar-refractivity contribution is 6.35. The molecule has 1 N–H and O–H groups in total. The molecule has 3 aromatic rings. The van der Waals surface area contributed by atoms with Crippen molar-refractivity contribution in [2.24, 2.45) is 0 Å². The molecule has 1 unspecified atom stereocenters. The van der Waals surface area contributed by atoms with Crippen molar-refractivity contribution in [1.82, 2.24) is 5.32 Å². The normalized spacial score (nSPS) is 11.6. The zero-order valence-electron chi connectivity index (χ0n) is 16.4. The van der Waals surface area contributed by atoms with Crippen molar-refractivity contribution in [1.29, 1.82) is 0 Å². The SMILES string of the molecule is CCCC(NCc1ccccc1OCc1ccc(Cl)cc1Cl)c1ccccc1.Cl. The van der Waals surface area contributed by atoms with Gasteiger partial charge in [-0.05, 0) is 30.2 Å². The lowest BCUT2D eigenvalue weighted by Gasteiger charge is -2.20. The van der Waals surface area contributed by atoms with E-state index in [1.54, 1.807) is 6.07 Å². The molecular weight excluding hydrogens is 425 g/mol. The maximum Gasteiger partial charge on any atom is 0.124 e. The quantitative estimate of drug-likeness (QED) is 0.362. The third-order valence-corrected chi connectivity index (χ3v) is 5.28. The Morgan fingerprint density at radius 1 is 0.897 bits per heavy atom. The van der Waals surface area contributed by atoms with E-state index < -0.39 is 0 Å². The largest absolute Gasteiger partial charge is 0.489 e. The van der Waals surface area contributed by atoms with Crippen LogP contribution in [0.25, 0.3) is 0 Å². The first-order valence-electron chi connectivity index (χ1n) is 9.60. The van der Waals surface area contributed by atoms with E-state index in [1.807, 2.05) is 30.3 Å². The molecule has 0 spiro atoms. The van der Waals surface area contributed by atoms with Gasteiger partial charge in [0.15, 0.2) is 0 Å². The summed E-state index contributed by atoms with van der Waals surface area (Å²) in [6, 6.07) is 24.5. The highest BCUT2D eigenvalue weighted by Crippen LogP contribution is 2.25. The van der Waals surface area contributed by atoms with Crippen LogP contribution < -0.4 is 10.1 Å². The summed E-state index contributed by atoms with van der Waals surface area (Å²) in [6.07, 6.45) is 2.22. The monoisotopic (exact) mass is 449 g/mol. The minimum absolute atomic E-state index is 0. The summed E-state index contributed by atoms with van der Waals surface area (Å²) in [4.78, 5) is 0. The van der Waals surface area contributed by atoms with Crippen LogP contribution in [0.15, 0.2) is 72.8 Å². The molecule has 3 rings (SSSR count). The van der Waals surface area contributed by atoms with Gasteiger partial charge in [-0.3, -0.25) is 0 Å². The van der Waals surface area contributed by atoms with Crippen molar-refractivity contribution < 1.29 is 4.74 Å². The molecule has 0 radical (unpaired) electrons. The van der Waals surface area contributed by atoms with E-state index in [2.05, 4.69) is 48.6 Å². The molecule has 0 aliphatic carbocycles. The molecule has 3 aromatic carbocycles. The Balaban J connectivity index is 0.00000300. The average Bonchev–Trinajstić information content (AvgIpc) is 2.72. The van der Waals surface area contributed by atoms with E-state index in [-0.39, 0.29) is 12.4 Å². The van der Waals surface area contributed by atoms with E-state index in [4.69, 9.17) is 27.9 Å². The van der Waals surface area contributed by atoms with Crippen LogP contribution in [0.3, 0.4) is 0 Å². The van der Waals surface area contributed by atoms with Gasteiger partial charge >= 0.3 is 0 Å². The molecule has 0 fully saturated rings. The second-order valence-corrected chi connectivity index (χ2v) is 7.61. The lowest BCUT2D eigenvalue weighted by molar-refractivity contribution is 0.301. The summed E-state index contributed by atoms with van der Waals surface area (Å²) < 4.78 is 6.07. The zero-order chi connectivity index (χ0) is 19.8. The third kappa shape index (κ3) is 6.94. The van der Waals surface area contributed by atoms with Gasteiger partial charge in [0, 0.05) is 33.8 Å². The van der Waals surface area contributed by atoms with Crippen molar-refractivity contribution in [3.8, 4) is 5.75 Å².